The van der Waals surface area contributed by atoms with Crippen molar-refractivity contribution in [3.8, 4) is 0 Å². The molecule has 1 heterocycles. The van der Waals surface area contributed by atoms with E-state index in [4.69, 9.17) is 5.73 Å². The minimum absolute atomic E-state index is 0.665. The van der Waals surface area contributed by atoms with Gasteiger partial charge in [-0.3, -0.25) is 0 Å². The Balaban J connectivity index is 1.80. The third-order valence-electron chi connectivity index (χ3n) is 3.40. The zero-order chi connectivity index (χ0) is 12.8. The Labute approximate surface area is 109 Å². The molecule has 0 bridgehead atoms. The van der Waals surface area contributed by atoms with Gasteiger partial charge in [0, 0.05) is 17.1 Å². The third kappa shape index (κ3) is 3.34. The molecule has 1 unspecified atom stereocenters. The molecule has 2 aromatic rings. The van der Waals surface area contributed by atoms with E-state index in [9.17, 15) is 0 Å². The van der Waals surface area contributed by atoms with E-state index >= 15 is 0 Å². The fourth-order valence-electron chi connectivity index (χ4n) is 2.30. The van der Waals surface area contributed by atoms with Crippen LogP contribution < -0.4 is 11.1 Å². The molecule has 0 saturated carbocycles. The zero-order valence-corrected chi connectivity index (χ0v) is 11.1. The highest BCUT2D eigenvalue weighted by Crippen LogP contribution is 2.17. The largest absolute Gasteiger partial charge is 0.361 e. The molecule has 0 aliphatic heterocycles. The molecule has 0 spiro atoms. The molecular weight excluding hydrogens is 222 g/mol. The van der Waals surface area contributed by atoms with Crippen LogP contribution in [0.15, 0.2) is 30.5 Å². The number of benzene rings is 1. The molecule has 0 radical (unpaired) electrons. The number of hydrogen-bond acceptors (Lipinski definition) is 2. The topological polar surface area (TPSA) is 53.8 Å². The standard InChI is InChI=1S/C15H23N3/c1-12(6-8-16)10-17-9-7-13-11-18-15-5-3-2-4-14(13)15/h2-5,11-12,17-18H,6-10,16H2,1H3. The highest BCUT2D eigenvalue weighted by Gasteiger charge is 2.03. The first-order valence-electron chi connectivity index (χ1n) is 6.77. The first-order valence-corrected chi connectivity index (χ1v) is 6.77. The van der Waals surface area contributed by atoms with Crippen LogP contribution in [0.5, 0.6) is 0 Å². The molecule has 3 nitrogen and oxygen atoms in total. The Morgan fingerprint density at radius 1 is 1.33 bits per heavy atom. The van der Waals surface area contributed by atoms with Crippen LogP contribution in [0.1, 0.15) is 18.9 Å². The van der Waals surface area contributed by atoms with Crippen molar-refractivity contribution < 1.29 is 0 Å². The van der Waals surface area contributed by atoms with Gasteiger partial charge in [-0.1, -0.05) is 25.1 Å². The smallest absolute Gasteiger partial charge is 0.0456 e. The summed E-state index contributed by atoms with van der Waals surface area (Å²) in [5.41, 5.74) is 8.16. The van der Waals surface area contributed by atoms with Crippen LogP contribution in [0, 0.1) is 5.92 Å². The first kappa shape index (κ1) is 13.1. The summed E-state index contributed by atoms with van der Waals surface area (Å²) >= 11 is 0. The van der Waals surface area contributed by atoms with Crippen molar-refractivity contribution >= 4 is 10.9 Å². The highest BCUT2D eigenvalue weighted by atomic mass is 14.9. The second kappa shape index (κ2) is 6.57. The Morgan fingerprint density at radius 3 is 3.00 bits per heavy atom. The van der Waals surface area contributed by atoms with Gasteiger partial charge in [0.25, 0.3) is 0 Å². The van der Waals surface area contributed by atoms with E-state index in [0.717, 1.165) is 32.5 Å². The summed E-state index contributed by atoms with van der Waals surface area (Å²) in [6.45, 7) is 5.10. The number of nitrogens with one attached hydrogen (secondary N) is 2. The van der Waals surface area contributed by atoms with Gasteiger partial charge in [-0.25, -0.2) is 0 Å². The Hall–Kier alpha value is -1.32. The van der Waals surface area contributed by atoms with E-state index in [1.54, 1.807) is 0 Å². The summed E-state index contributed by atoms with van der Waals surface area (Å²) in [7, 11) is 0. The van der Waals surface area contributed by atoms with Crippen molar-refractivity contribution in [2.75, 3.05) is 19.6 Å². The van der Waals surface area contributed by atoms with Crippen LogP contribution in [0.2, 0.25) is 0 Å². The van der Waals surface area contributed by atoms with Crippen molar-refractivity contribution in [3.05, 3.63) is 36.0 Å². The lowest BCUT2D eigenvalue weighted by Crippen LogP contribution is -2.24. The maximum absolute atomic E-state index is 5.54. The predicted octanol–water partition coefficient (Wildman–Crippen LogP) is 2.28. The summed E-state index contributed by atoms with van der Waals surface area (Å²) in [5, 5.41) is 4.85. The van der Waals surface area contributed by atoms with Crippen LogP contribution in [-0.2, 0) is 6.42 Å². The first-order chi connectivity index (χ1) is 8.81. The molecule has 98 valence electrons. The van der Waals surface area contributed by atoms with Crippen molar-refractivity contribution in [1.29, 1.82) is 0 Å². The normalized spacial score (nSPS) is 13.0. The molecule has 0 aliphatic carbocycles. The van der Waals surface area contributed by atoms with E-state index in [1.807, 2.05) is 0 Å². The van der Waals surface area contributed by atoms with Gasteiger partial charge in [-0.05, 0) is 50.0 Å². The predicted molar refractivity (Wildman–Crippen MR) is 77.7 cm³/mol. The van der Waals surface area contributed by atoms with Crippen molar-refractivity contribution in [1.82, 2.24) is 10.3 Å². The number of nitrogens with two attached hydrogens (primary N) is 1. The van der Waals surface area contributed by atoms with Crippen LogP contribution in [0.3, 0.4) is 0 Å². The summed E-state index contributed by atoms with van der Waals surface area (Å²) in [6, 6.07) is 8.46. The van der Waals surface area contributed by atoms with Crippen LogP contribution in [-0.4, -0.2) is 24.6 Å². The quantitative estimate of drug-likeness (QED) is 0.656. The number of rotatable bonds is 7. The second-order valence-electron chi connectivity index (χ2n) is 5.00. The Kier molecular flexibility index (Phi) is 4.79. The van der Waals surface area contributed by atoms with E-state index in [2.05, 4.69) is 47.7 Å². The van der Waals surface area contributed by atoms with Gasteiger partial charge in [-0.2, -0.15) is 0 Å². The number of hydrogen-bond donors (Lipinski definition) is 3. The number of aromatic nitrogens is 1. The lowest BCUT2D eigenvalue weighted by molar-refractivity contribution is 0.489. The van der Waals surface area contributed by atoms with Crippen LogP contribution in [0.25, 0.3) is 10.9 Å². The van der Waals surface area contributed by atoms with Gasteiger partial charge in [0.2, 0.25) is 0 Å². The third-order valence-corrected chi connectivity index (χ3v) is 3.40. The number of aromatic amines is 1. The van der Waals surface area contributed by atoms with Gasteiger partial charge in [0.05, 0.1) is 0 Å². The molecule has 18 heavy (non-hydrogen) atoms. The monoisotopic (exact) mass is 245 g/mol. The van der Waals surface area contributed by atoms with Crippen LogP contribution in [0.4, 0.5) is 0 Å². The maximum atomic E-state index is 5.54. The SMILES string of the molecule is CC(CCN)CNCCc1c[nH]c2ccccc12. The Bertz CT molecular complexity index is 475. The highest BCUT2D eigenvalue weighted by molar-refractivity contribution is 5.83. The van der Waals surface area contributed by atoms with Crippen LogP contribution >= 0.6 is 0 Å². The fraction of sp³-hybridized carbons (Fsp3) is 0.467. The summed E-state index contributed by atoms with van der Waals surface area (Å²) in [5.74, 6) is 0.665. The van der Waals surface area contributed by atoms with E-state index in [-0.39, 0.29) is 0 Å². The van der Waals surface area contributed by atoms with E-state index < -0.39 is 0 Å². The fourth-order valence-corrected chi connectivity index (χ4v) is 2.30. The van der Waals surface area contributed by atoms with Gasteiger partial charge >= 0.3 is 0 Å². The average Bonchev–Trinajstić information content (AvgIpc) is 2.78. The summed E-state index contributed by atoms with van der Waals surface area (Å²) in [6.07, 6.45) is 4.29. The molecule has 0 saturated heterocycles. The van der Waals surface area contributed by atoms with Crippen molar-refractivity contribution in [2.45, 2.75) is 19.8 Å². The summed E-state index contributed by atoms with van der Waals surface area (Å²) in [4.78, 5) is 3.31. The van der Waals surface area contributed by atoms with Gasteiger partial charge < -0.3 is 16.0 Å². The molecule has 4 N–H and O–H groups in total. The number of para-hydroxylation sites is 1. The number of H-pyrrole nitrogens is 1. The lowest BCUT2D eigenvalue weighted by Gasteiger charge is -2.10. The van der Waals surface area contributed by atoms with Crippen molar-refractivity contribution in [2.24, 2.45) is 11.7 Å². The van der Waals surface area contributed by atoms with Crippen molar-refractivity contribution in [3.63, 3.8) is 0 Å². The molecule has 0 amide bonds. The molecule has 2 rings (SSSR count). The lowest BCUT2D eigenvalue weighted by atomic mass is 10.1. The molecule has 1 atom stereocenters. The molecule has 0 fully saturated rings. The second-order valence-corrected chi connectivity index (χ2v) is 5.00. The molecule has 0 aliphatic rings. The zero-order valence-electron chi connectivity index (χ0n) is 11.1. The van der Waals surface area contributed by atoms with E-state index in [0.29, 0.717) is 5.92 Å². The maximum Gasteiger partial charge on any atom is 0.0456 e. The van der Waals surface area contributed by atoms with E-state index in [1.165, 1.54) is 16.5 Å². The number of fused-ring (bicyclic) bond motifs is 1. The molecule has 3 heteroatoms. The molecular formula is C15H23N3. The minimum atomic E-state index is 0.665. The average molecular weight is 245 g/mol. The minimum Gasteiger partial charge on any atom is -0.361 e. The molecule has 1 aromatic heterocycles. The Morgan fingerprint density at radius 2 is 2.17 bits per heavy atom. The molecule has 1 aromatic carbocycles. The van der Waals surface area contributed by atoms with Gasteiger partial charge in [-0.15, -0.1) is 0 Å². The van der Waals surface area contributed by atoms with Gasteiger partial charge in [0.1, 0.15) is 0 Å². The van der Waals surface area contributed by atoms with Gasteiger partial charge in [0.15, 0.2) is 0 Å². The summed E-state index contributed by atoms with van der Waals surface area (Å²) < 4.78 is 0.